The number of carboxylic acids is 2. The van der Waals surface area contributed by atoms with E-state index in [1.54, 1.807) is 11.8 Å². The number of carboxylic acid groups (broad SMARTS) is 2. The smallest absolute Gasteiger partial charge is 0.322 e. The molecule has 7 N–H and O–H groups in total. The van der Waals surface area contributed by atoms with E-state index >= 15 is 0 Å². The van der Waals surface area contributed by atoms with Crippen LogP contribution in [0.5, 0.6) is 0 Å². The maximum atomic E-state index is 10.1. The third-order valence-electron chi connectivity index (χ3n) is 1.46. The molecule has 0 bridgehead atoms. The van der Waals surface area contributed by atoms with E-state index in [-0.39, 0.29) is 0 Å². The number of thioether (sulfide) groups is 1. The number of nitrogens with two attached hydrogens (primary N) is 2. The van der Waals surface area contributed by atoms with Crippen molar-refractivity contribution in [2.24, 2.45) is 11.5 Å². The Kier molecular flexibility index (Phi) is 11.7. The van der Waals surface area contributed by atoms with Gasteiger partial charge >= 0.3 is 11.9 Å². The first-order valence-electron chi connectivity index (χ1n) is 4.43. The van der Waals surface area contributed by atoms with Crippen molar-refractivity contribution in [3.63, 3.8) is 0 Å². The quantitative estimate of drug-likeness (QED) is 0.386. The second-order valence-electron chi connectivity index (χ2n) is 2.85. The number of hydrogen-bond acceptors (Lipinski definition) is 6. The Morgan fingerprint density at radius 1 is 1.19 bits per heavy atom. The molecule has 2 atom stereocenters. The van der Waals surface area contributed by atoms with E-state index in [0.717, 1.165) is 5.75 Å². The molecule has 0 aromatic heterocycles. The number of aliphatic carboxylic acids is 2. The normalized spacial score (nSPS) is 13.2. The van der Waals surface area contributed by atoms with Gasteiger partial charge in [-0.15, -0.1) is 0 Å². The van der Waals surface area contributed by atoms with Crippen LogP contribution in [0.2, 0.25) is 0 Å². The Morgan fingerprint density at radius 2 is 1.62 bits per heavy atom. The molecular weight excluding hydrogens is 236 g/mol. The van der Waals surface area contributed by atoms with Crippen LogP contribution in [0.15, 0.2) is 0 Å². The highest BCUT2D eigenvalue weighted by atomic mass is 32.2. The van der Waals surface area contributed by atoms with Crippen molar-refractivity contribution < 1.29 is 24.9 Å². The summed E-state index contributed by atoms with van der Waals surface area (Å²) < 4.78 is 0. The monoisotopic (exact) mass is 254 g/mol. The van der Waals surface area contributed by atoms with Crippen molar-refractivity contribution in [1.82, 2.24) is 0 Å². The highest BCUT2D eigenvalue weighted by Crippen LogP contribution is 1.97. The Labute approximate surface area is 97.8 Å². The van der Waals surface area contributed by atoms with Crippen LogP contribution >= 0.6 is 11.8 Å². The number of hydrogen-bond donors (Lipinski definition) is 5. The van der Waals surface area contributed by atoms with Gasteiger partial charge in [-0.05, 0) is 18.4 Å². The molecule has 0 saturated carbocycles. The molecule has 0 spiro atoms. The second-order valence-corrected chi connectivity index (χ2v) is 3.84. The Morgan fingerprint density at radius 3 is 1.81 bits per heavy atom. The summed E-state index contributed by atoms with van der Waals surface area (Å²) in [4.78, 5) is 19.7. The van der Waals surface area contributed by atoms with E-state index in [9.17, 15) is 9.59 Å². The van der Waals surface area contributed by atoms with Gasteiger partial charge in [-0.3, -0.25) is 9.59 Å². The lowest BCUT2D eigenvalue weighted by Gasteiger charge is -2.02. The van der Waals surface area contributed by atoms with Crippen LogP contribution in [-0.2, 0) is 9.59 Å². The van der Waals surface area contributed by atoms with E-state index in [1.807, 2.05) is 6.26 Å². The first kappa shape index (κ1) is 17.6. The lowest BCUT2D eigenvalue weighted by atomic mass is 10.2. The van der Waals surface area contributed by atoms with Crippen LogP contribution in [0.4, 0.5) is 0 Å². The van der Waals surface area contributed by atoms with E-state index in [1.165, 1.54) is 0 Å². The molecule has 16 heavy (non-hydrogen) atoms. The van der Waals surface area contributed by atoms with Gasteiger partial charge in [-0.25, -0.2) is 0 Å². The van der Waals surface area contributed by atoms with Gasteiger partial charge < -0.3 is 26.8 Å². The summed E-state index contributed by atoms with van der Waals surface area (Å²) in [6.07, 6.45) is 2.48. The highest BCUT2D eigenvalue weighted by molar-refractivity contribution is 7.98. The van der Waals surface area contributed by atoms with E-state index in [2.05, 4.69) is 0 Å². The maximum absolute atomic E-state index is 10.1. The van der Waals surface area contributed by atoms with Gasteiger partial charge in [0.2, 0.25) is 0 Å². The molecule has 0 heterocycles. The van der Waals surface area contributed by atoms with Crippen LogP contribution in [0.25, 0.3) is 0 Å². The second kappa shape index (κ2) is 10.7. The Balaban J connectivity index is 0. The lowest BCUT2D eigenvalue weighted by molar-refractivity contribution is -0.140. The molecule has 0 aromatic rings. The van der Waals surface area contributed by atoms with Crippen molar-refractivity contribution in [3.05, 3.63) is 0 Å². The molecule has 0 radical (unpaired) electrons. The van der Waals surface area contributed by atoms with Gasteiger partial charge in [-0.2, -0.15) is 11.8 Å². The lowest BCUT2D eigenvalue weighted by Crippen LogP contribution is -2.33. The van der Waals surface area contributed by atoms with Crippen LogP contribution in [0.1, 0.15) is 6.42 Å². The van der Waals surface area contributed by atoms with E-state index < -0.39 is 30.6 Å². The van der Waals surface area contributed by atoms with Gasteiger partial charge in [0, 0.05) is 0 Å². The van der Waals surface area contributed by atoms with Gasteiger partial charge in [0.25, 0.3) is 0 Å². The zero-order valence-corrected chi connectivity index (χ0v) is 9.81. The zero-order chi connectivity index (χ0) is 13.1. The molecule has 7 nitrogen and oxygen atoms in total. The average Bonchev–Trinajstić information content (AvgIpc) is 2.25. The minimum atomic E-state index is -1.18. The molecule has 2 unspecified atom stereocenters. The summed E-state index contributed by atoms with van der Waals surface area (Å²) in [5.41, 5.74) is 9.96. The summed E-state index contributed by atoms with van der Waals surface area (Å²) >= 11 is 1.60. The number of rotatable bonds is 6. The average molecular weight is 254 g/mol. The molecule has 0 rings (SSSR count). The molecular formula is C8H18N2O5S. The fraction of sp³-hybridized carbons (Fsp3) is 0.750. The Bertz CT molecular complexity index is 215. The SMILES string of the molecule is CSCCC(N)C(=O)O.NC(CO)C(=O)O. The molecule has 0 aromatic carbocycles. The topological polar surface area (TPSA) is 147 Å². The number of aliphatic hydroxyl groups excluding tert-OH is 1. The first-order chi connectivity index (χ1) is 7.36. The van der Waals surface area contributed by atoms with Gasteiger partial charge in [-0.1, -0.05) is 0 Å². The van der Waals surface area contributed by atoms with Crippen molar-refractivity contribution in [2.75, 3.05) is 18.6 Å². The van der Waals surface area contributed by atoms with Crippen LogP contribution in [-0.4, -0.2) is 58.0 Å². The standard InChI is InChI=1S/C5H11NO2S.C3H7NO3/c1-9-3-2-4(6)5(7)8;4-2(1-5)3(6)7/h4H,2-3,6H2,1H3,(H,7,8);2,5H,1,4H2,(H,6,7). The van der Waals surface area contributed by atoms with E-state index in [0.29, 0.717) is 6.42 Å². The van der Waals surface area contributed by atoms with Gasteiger partial charge in [0.05, 0.1) is 6.61 Å². The largest absolute Gasteiger partial charge is 0.480 e. The molecule has 0 amide bonds. The van der Waals surface area contributed by atoms with Crippen molar-refractivity contribution in [3.8, 4) is 0 Å². The van der Waals surface area contributed by atoms with Gasteiger partial charge in [0.15, 0.2) is 0 Å². The highest BCUT2D eigenvalue weighted by Gasteiger charge is 2.09. The summed E-state index contributed by atoms with van der Waals surface area (Å²) in [6.45, 7) is -0.505. The Hall–Kier alpha value is -0.830. The minimum absolute atomic E-state index is 0.505. The number of aliphatic hydroxyl groups is 1. The predicted molar refractivity (Wildman–Crippen MR) is 61.3 cm³/mol. The fourth-order valence-electron chi connectivity index (χ4n) is 0.446. The molecule has 0 fully saturated rings. The van der Waals surface area contributed by atoms with Crippen LogP contribution in [0.3, 0.4) is 0 Å². The van der Waals surface area contributed by atoms with Crippen molar-refractivity contribution in [2.45, 2.75) is 18.5 Å². The van der Waals surface area contributed by atoms with Crippen LogP contribution < -0.4 is 11.5 Å². The predicted octanol–water partition coefficient (Wildman–Crippen LogP) is -1.46. The summed E-state index contributed by atoms with van der Waals surface area (Å²) in [6, 6.07) is -1.81. The summed E-state index contributed by atoms with van der Waals surface area (Å²) in [7, 11) is 0. The third-order valence-corrected chi connectivity index (χ3v) is 2.11. The molecule has 8 heteroatoms. The minimum Gasteiger partial charge on any atom is -0.480 e. The van der Waals surface area contributed by atoms with Gasteiger partial charge in [0.1, 0.15) is 12.1 Å². The first-order valence-corrected chi connectivity index (χ1v) is 5.82. The van der Waals surface area contributed by atoms with E-state index in [4.69, 9.17) is 26.8 Å². The zero-order valence-electron chi connectivity index (χ0n) is 9.00. The molecule has 0 aliphatic heterocycles. The molecule has 0 saturated heterocycles. The third kappa shape index (κ3) is 11.2. The molecule has 0 aliphatic rings. The van der Waals surface area contributed by atoms with Crippen LogP contribution in [0, 0.1) is 0 Å². The summed E-state index contributed by atoms with van der Waals surface area (Å²) in [5.74, 6) is -1.28. The maximum Gasteiger partial charge on any atom is 0.322 e. The van der Waals surface area contributed by atoms with Crippen molar-refractivity contribution >= 4 is 23.7 Å². The van der Waals surface area contributed by atoms with Crippen molar-refractivity contribution in [1.29, 1.82) is 0 Å². The fourth-order valence-corrected chi connectivity index (χ4v) is 0.936. The summed E-state index contributed by atoms with van der Waals surface area (Å²) in [5, 5.41) is 24.2. The molecule has 96 valence electrons. The number of carbonyl (C=O) groups is 2. The molecule has 0 aliphatic carbocycles.